The Morgan fingerprint density at radius 1 is 0.569 bits per heavy atom. The maximum absolute atomic E-state index is 6.66. The van der Waals surface area contributed by atoms with Gasteiger partial charge >= 0.3 is 0 Å². The Morgan fingerprint density at radius 3 is 1.85 bits per heavy atom. The van der Waals surface area contributed by atoms with E-state index in [9.17, 15) is 0 Å². The van der Waals surface area contributed by atoms with Gasteiger partial charge in [0.2, 0.25) is 0 Å². The average Bonchev–Trinajstić information content (AvgIpc) is 3.98. The van der Waals surface area contributed by atoms with Gasteiger partial charge in [-0.3, -0.25) is 4.99 Å². The summed E-state index contributed by atoms with van der Waals surface area (Å²) in [5.74, 6) is 1.25. The molecule has 0 saturated carbocycles. The van der Waals surface area contributed by atoms with Crippen LogP contribution >= 0.6 is 0 Å². The summed E-state index contributed by atoms with van der Waals surface area (Å²) in [4.78, 5) is 15.6. The van der Waals surface area contributed by atoms with Crippen LogP contribution in [-0.4, -0.2) is 15.7 Å². The van der Waals surface area contributed by atoms with Crippen molar-refractivity contribution in [3.05, 3.63) is 236 Å². The lowest BCUT2D eigenvalue weighted by molar-refractivity contribution is 0.664. The second kappa shape index (κ2) is 19.3. The van der Waals surface area contributed by atoms with Crippen LogP contribution in [0.4, 0.5) is 0 Å². The fraction of sp³-hybridized carbons (Fsp3) is 0.119. The summed E-state index contributed by atoms with van der Waals surface area (Å²) in [6.45, 7) is 9.00. The molecule has 2 aliphatic rings. The zero-order chi connectivity index (χ0) is 48.5. The van der Waals surface area contributed by atoms with E-state index in [1.807, 2.05) is 6.07 Å². The first kappa shape index (κ1) is 44.5. The van der Waals surface area contributed by atoms with Crippen LogP contribution in [0.5, 0.6) is 0 Å². The number of furan rings is 2. The fourth-order valence-corrected chi connectivity index (χ4v) is 10.3. The first-order valence-corrected chi connectivity index (χ1v) is 25.1. The predicted molar refractivity (Wildman–Crippen MR) is 301 cm³/mol. The molecule has 348 valence electrons. The van der Waals surface area contributed by atoms with Crippen molar-refractivity contribution in [2.45, 2.75) is 39.5 Å². The second-order valence-corrected chi connectivity index (χ2v) is 19.1. The maximum Gasteiger partial charge on any atom is 0.160 e. The molecule has 12 rings (SSSR count). The minimum atomic E-state index is 0.175. The molecule has 3 aromatic heterocycles. The van der Waals surface area contributed by atoms with Crippen LogP contribution in [0.1, 0.15) is 56.4 Å². The minimum absolute atomic E-state index is 0.175. The number of allylic oxidation sites excluding steroid dienone is 10. The Hall–Kier alpha value is -8.67. The van der Waals surface area contributed by atoms with Crippen molar-refractivity contribution in [2.24, 2.45) is 16.8 Å². The van der Waals surface area contributed by atoms with Crippen LogP contribution in [0.25, 0.3) is 106 Å². The summed E-state index contributed by atoms with van der Waals surface area (Å²) in [5, 5.41) is 4.11. The van der Waals surface area contributed by atoms with Gasteiger partial charge in [0.1, 0.15) is 22.3 Å². The summed E-state index contributed by atoms with van der Waals surface area (Å²) in [5.41, 5.74) is 17.9. The van der Waals surface area contributed by atoms with Crippen molar-refractivity contribution in [3.8, 4) is 44.9 Å². The third-order valence-corrected chi connectivity index (χ3v) is 14.2. The molecule has 0 aliphatic heterocycles. The zero-order valence-corrected chi connectivity index (χ0v) is 40.6. The van der Waals surface area contributed by atoms with Crippen LogP contribution in [0.3, 0.4) is 0 Å². The van der Waals surface area contributed by atoms with E-state index < -0.39 is 0 Å². The molecule has 7 aromatic carbocycles. The van der Waals surface area contributed by atoms with E-state index in [2.05, 4.69) is 227 Å². The van der Waals surface area contributed by atoms with E-state index in [1.165, 1.54) is 16.7 Å². The van der Waals surface area contributed by atoms with Crippen LogP contribution < -0.4 is 0 Å². The summed E-state index contributed by atoms with van der Waals surface area (Å²) in [6.07, 6.45) is 21.5. The molecule has 2 unspecified atom stereocenters. The molecule has 0 saturated heterocycles. The number of hydrogen-bond donors (Lipinski definition) is 0. The smallest absolute Gasteiger partial charge is 0.160 e. The number of aromatic nitrogens is 2. The standard InChI is InChI=1S/C67H53N3O2/c1-4-18-49(45-20-8-5-9-21-45)37-60(46-22-10-6-11-23-46)68-44(3)48-26-16-27-50(35-48)52-31-33-56-58-40-66-59(41-65(58)71-63(56)38-52)57-34-32-53(39-64(57)72-66)51-28-17-29-54(36-51)67-69-61(47-24-12-7-13-25-47)42-62(70-67)55-30-15-14-19-43(55)2/h5-17,20-22,24-43,46H,3-4,18-19,23H2,1-2H3/b49-37+,68-60?. The highest BCUT2D eigenvalue weighted by molar-refractivity contribution is 6.15. The lowest BCUT2D eigenvalue weighted by atomic mass is 9.90. The molecule has 0 N–H and O–H groups in total. The molecule has 0 bridgehead atoms. The largest absolute Gasteiger partial charge is 0.456 e. The highest BCUT2D eigenvalue weighted by Crippen LogP contribution is 2.40. The molecular formula is C67H53N3O2. The van der Waals surface area contributed by atoms with Crippen molar-refractivity contribution in [1.29, 1.82) is 0 Å². The van der Waals surface area contributed by atoms with Crippen LogP contribution in [0.2, 0.25) is 0 Å². The van der Waals surface area contributed by atoms with Crippen LogP contribution in [0.15, 0.2) is 233 Å². The lowest BCUT2D eigenvalue weighted by Gasteiger charge is -2.18. The molecule has 0 spiro atoms. The highest BCUT2D eigenvalue weighted by Gasteiger charge is 2.20. The number of nitrogens with zero attached hydrogens (tertiary/aromatic N) is 3. The number of fused-ring (bicyclic) bond motifs is 6. The topological polar surface area (TPSA) is 64.4 Å². The van der Waals surface area contributed by atoms with Gasteiger partial charge in [0, 0.05) is 49.9 Å². The van der Waals surface area contributed by atoms with E-state index in [0.717, 1.165) is 131 Å². The third kappa shape index (κ3) is 8.79. The van der Waals surface area contributed by atoms with Gasteiger partial charge in [-0.15, -0.1) is 0 Å². The Balaban J connectivity index is 0.839. The highest BCUT2D eigenvalue weighted by atomic mass is 16.3. The van der Waals surface area contributed by atoms with E-state index in [-0.39, 0.29) is 5.92 Å². The summed E-state index contributed by atoms with van der Waals surface area (Å²) in [6, 6.07) is 57.3. The molecule has 5 nitrogen and oxygen atoms in total. The number of benzene rings is 7. The summed E-state index contributed by atoms with van der Waals surface area (Å²) < 4.78 is 13.3. The van der Waals surface area contributed by atoms with Gasteiger partial charge in [0.15, 0.2) is 5.82 Å². The Kier molecular flexibility index (Phi) is 11.9. The SMILES string of the molecule is C=C(N=C(/C=C(\CCC)c1ccccc1)C1C=CC=CC1)c1cccc(-c2ccc3c(c2)oc2cc4c(cc23)oc2cc(-c3cccc(-c5nc(C6=CC=CCC6C)cc(-c6ccccc6)n5)c3)ccc24)c1. The molecule has 2 aliphatic carbocycles. The van der Waals surface area contributed by atoms with Gasteiger partial charge in [-0.2, -0.15) is 0 Å². The van der Waals surface area contributed by atoms with Gasteiger partial charge in [-0.05, 0) is 125 Å². The van der Waals surface area contributed by atoms with E-state index in [0.29, 0.717) is 11.7 Å². The van der Waals surface area contributed by atoms with Gasteiger partial charge in [0.05, 0.1) is 17.1 Å². The molecular weight excluding hydrogens is 879 g/mol. The molecule has 2 atom stereocenters. The third-order valence-electron chi connectivity index (χ3n) is 14.2. The monoisotopic (exact) mass is 931 g/mol. The quantitative estimate of drug-likeness (QED) is 0.115. The Morgan fingerprint density at radius 2 is 1.17 bits per heavy atom. The van der Waals surface area contributed by atoms with Gasteiger partial charge in [0.25, 0.3) is 0 Å². The van der Waals surface area contributed by atoms with E-state index in [1.54, 1.807) is 0 Å². The average molecular weight is 932 g/mol. The number of hydrogen-bond acceptors (Lipinski definition) is 5. The number of aliphatic imine (C=N–C) groups is 1. The molecule has 0 amide bonds. The molecule has 10 aromatic rings. The molecule has 0 radical (unpaired) electrons. The Bertz CT molecular complexity index is 3910. The molecule has 5 heteroatoms. The maximum atomic E-state index is 6.66. The summed E-state index contributed by atoms with van der Waals surface area (Å²) in [7, 11) is 0. The predicted octanol–water partition coefficient (Wildman–Crippen LogP) is 18.4. The Labute approximate surface area is 420 Å². The zero-order valence-electron chi connectivity index (χ0n) is 40.6. The van der Waals surface area contributed by atoms with Gasteiger partial charge < -0.3 is 8.83 Å². The molecule has 3 heterocycles. The second-order valence-electron chi connectivity index (χ2n) is 19.1. The van der Waals surface area contributed by atoms with Gasteiger partial charge in [-0.1, -0.05) is 179 Å². The van der Waals surface area contributed by atoms with Crippen LogP contribution in [-0.2, 0) is 0 Å². The van der Waals surface area contributed by atoms with Crippen molar-refractivity contribution >= 4 is 66.4 Å². The van der Waals surface area contributed by atoms with Crippen LogP contribution in [0, 0.1) is 11.8 Å². The first-order valence-electron chi connectivity index (χ1n) is 25.1. The first-order chi connectivity index (χ1) is 35.4. The van der Waals surface area contributed by atoms with Crippen molar-refractivity contribution < 1.29 is 8.83 Å². The fourth-order valence-electron chi connectivity index (χ4n) is 10.3. The normalized spacial score (nSPS) is 16.1. The van der Waals surface area contributed by atoms with Crippen molar-refractivity contribution in [1.82, 2.24) is 9.97 Å². The van der Waals surface area contributed by atoms with E-state index in [4.69, 9.17) is 23.8 Å². The van der Waals surface area contributed by atoms with Gasteiger partial charge in [-0.25, -0.2) is 9.97 Å². The summed E-state index contributed by atoms with van der Waals surface area (Å²) >= 11 is 0. The van der Waals surface area contributed by atoms with E-state index >= 15 is 0 Å². The molecule has 0 fully saturated rings. The number of rotatable bonds is 12. The lowest BCUT2D eigenvalue weighted by Crippen LogP contribution is -2.12. The minimum Gasteiger partial charge on any atom is -0.456 e. The van der Waals surface area contributed by atoms with Crippen molar-refractivity contribution in [2.75, 3.05) is 0 Å². The molecule has 72 heavy (non-hydrogen) atoms. The van der Waals surface area contributed by atoms with Crippen molar-refractivity contribution in [3.63, 3.8) is 0 Å².